The lowest BCUT2D eigenvalue weighted by Gasteiger charge is -2.32. The molecular weight excluding hydrogens is 376 g/mol. The van der Waals surface area contributed by atoms with Gasteiger partial charge in [-0.05, 0) is 36.6 Å². The Bertz CT molecular complexity index is 928. The van der Waals surface area contributed by atoms with E-state index in [1.165, 1.54) is 6.33 Å². The molecular formula is C20H21ClN6O. The fourth-order valence-corrected chi connectivity index (χ4v) is 3.50. The third-order valence-corrected chi connectivity index (χ3v) is 5.13. The van der Waals surface area contributed by atoms with Crippen molar-refractivity contribution in [2.24, 2.45) is 5.92 Å². The molecule has 1 aliphatic heterocycles. The van der Waals surface area contributed by atoms with Gasteiger partial charge in [0.25, 0.3) is 0 Å². The molecule has 1 amide bonds. The summed E-state index contributed by atoms with van der Waals surface area (Å²) in [6, 6.07) is 11.3. The predicted octanol–water partition coefficient (Wildman–Crippen LogP) is 2.85. The number of rotatable bonds is 5. The summed E-state index contributed by atoms with van der Waals surface area (Å²) in [6.45, 7) is 2.02. The van der Waals surface area contributed by atoms with Crippen LogP contribution in [0.15, 0.2) is 55.1 Å². The maximum absolute atomic E-state index is 12.7. The van der Waals surface area contributed by atoms with Crippen molar-refractivity contribution in [3.63, 3.8) is 0 Å². The van der Waals surface area contributed by atoms with Crippen molar-refractivity contribution >= 4 is 23.3 Å². The van der Waals surface area contributed by atoms with E-state index in [0.717, 1.165) is 30.8 Å². The molecule has 1 unspecified atom stereocenters. The third-order valence-electron chi connectivity index (χ3n) is 4.87. The van der Waals surface area contributed by atoms with Crippen molar-refractivity contribution in [3.8, 4) is 5.82 Å². The highest BCUT2D eigenvalue weighted by Crippen LogP contribution is 2.22. The average Bonchev–Trinajstić information content (AvgIpc) is 3.28. The highest BCUT2D eigenvalue weighted by molar-refractivity contribution is 6.30. The molecule has 28 heavy (non-hydrogen) atoms. The number of nitrogens with one attached hydrogen (secondary N) is 1. The van der Waals surface area contributed by atoms with Gasteiger partial charge in [0.1, 0.15) is 12.1 Å². The number of hydrogen-bond donors (Lipinski definition) is 1. The zero-order valence-electron chi connectivity index (χ0n) is 15.3. The number of piperidine rings is 1. The third kappa shape index (κ3) is 4.31. The van der Waals surface area contributed by atoms with Crippen molar-refractivity contribution in [3.05, 3.63) is 65.7 Å². The summed E-state index contributed by atoms with van der Waals surface area (Å²) >= 11 is 5.91. The van der Waals surface area contributed by atoms with Crippen LogP contribution in [0.25, 0.3) is 5.82 Å². The maximum Gasteiger partial charge on any atom is 0.225 e. The molecule has 0 radical (unpaired) electrons. The largest absolute Gasteiger partial charge is 0.356 e. The summed E-state index contributed by atoms with van der Waals surface area (Å²) in [6.07, 6.45) is 6.91. The lowest BCUT2D eigenvalue weighted by Crippen LogP contribution is -2.43. The minimum Gasteiger partial charge on any atom is -0.356 e. The normalized spacial score (nSPS) is 16.8. The Morgan fingerprint density at radius 3 is 2.82 bits per heavy atom. The zero-order chi connectivity index (χ0) is 19.3. The number of amides is 1. The van der Waals surface area contributed by atoms with Crippen molar-refractivity contribution in [1.82, 2.24) is 25.1 Å². The number of anilines is 1. The van der Waals surface area contributed by atoms with Gasteiger partial charge in [0.2, 0.25) is 5.91 Å². The molecule has 1 aromatic carbocycles. The van der Waals surface area contributed by atoms with Crippen LogP contribution >= 0.6 is 11.6 Å². The Balaban J connectivity index is 1.39. The minimum absolute atomic E-state index is 0.0656. The second-order valence-electron chi connectivity index (χ2n) is 6.81. The number of carbonyl (C=O) groups excluding carboxylic acids is 1. The molecule has 1 saturated heterocycles. The topological polar surface area (TPSA) is 75.9 Å². The van der Waals surface area contributed by atoms with Gasteiger partial charge in [-0.1, -0.05) is 23.7 Å². The number of nitrogens with zero attached hydrogens (tertiary/aromatic N) is 5. The minimum atomic E-state index is -0.0656. The molecule has 4 rings (SSSR count). The molecule has 1 atom stereocenters. The monoisotopic (exact) mass is 396 g/mol. The van der Waals surface area contributed by atoms with E-state index < -0.39 is 0 Å². The second-order valence-corrected chi connectivity index (χ2v) is 7.25. The Morgan fingerprint density at radius 2 is 2.04 bits per heavy atom. The molecule has 7 nitrogen and oxygen atoms in total. The molecule has 144 valence electrons. The van der Waals surface area contributed by atoms with E-state index in [-0.39, 0.29) is 11.8 Å². The van der Waals surface area contributed by atoms with Crippen LogP contribution in [0.1, 0.15) is 18.4 Å². The van der Waals surface area contributed by atoms with Crippen LogP contribution in [-0.2, 0) is 11.3 Å². The smallest absolute Gasteiger partial charge is 0.225 e. The van der Waals surface area contributed by atoms with E-state index >= 15 is 0 Å². The number of hydrogen-bond acceptors (Lipinski definition) is 5. The number of benzene rings is 1. The molecule has 3 heterocycles. The first kappa shape index (κ1) is 18.4. The molecule has 1 aliphatic rings. The standard InChI is InChI=1S/C20H21ClN6O/c21-17-6-4-15(5-7-17)12-22-20(28)16-3-1-9-26(13-16)18-11-19(24-14-23-18)27-10-2-8-25-27/h2,4-8,10-11,14,16H,1,3,9,12-13H2,(H,22,28). The van der Waals surface area contributed by atoms with Crippen LogP contribution < -0.4 is 10.2 Å². The maximum atomic E-state index is 12.7. The van der Waals surface area contributed by atoms with Crippen LogP contribution in [0.4, 0.5) is 5.82 Å². The summed E-state index contributed by atoms with van der Waals surface area (Å²) in [4.78, 5) is 23.5. The van der Waals surface area contributed by atoms with Gasteiger partial charge in [-0.25, -0.2) is 14.6 Å². The molecule has 0 aliphatic carbocycles. The number of halogens is 1. The lowest BCUT2D eigenvalue weighted by molar-refractivity contribution is -0.125. The quantitative estimate of drug-likeness (QED) is 0.717. The van der Waals surface area contributed by atoms with Crippen LogP contribution in [0.2, 0.25) is 5.02 Å². The van der Waals surface area contributed by atoms with Crippen molar-refractivity contribution in [1.29, 1.82) is 0 Å². The van der Waals surface area contributed by atoms with Gasteiger partial charge in [0.15, 0.2) is 5.82 Å². The molecule has 0 spiro atoms. The molecule has 2 aromatic heterocycles. The van der Waals surface area contributed by atoms with E-state index in [9.17, 15) is 4.79 Å². The number of carbonyl (C=O) groups is 1. The van der Waals surface area contributed by atoms with E-state index in [0.29, 0.717) is 23.9 Å². The lowest BCUT2D eigenvalue weighted by atomic mass is 9.97. The van der Waals surface area contributed by atoms with Crippen LogP contribution in [0.3, 0.4) is 0 Å². The van der Waals surface area contributed by atoms with Gasteiger partial charge in [0.05, 0.1) is 5.92 Å². The number of aromatic nitrogens is 4. The molecule has 0 bridgehead atoms. The van der Waals surface area contributed by atoms with Gasteiger partial charge >= 0.3 is 0 Å². The fourth-order valence-electron chi connectivity index (χ4n) is 3.37. The molecule has 0 saturated carbocycles. The Labute approximate surface area is 168 Å². The highest BCUT2D eigenvalue weighted by Gasteiger charge is 2.26. The van der Waals surface area contributed by atoms with Crippen LogP contribution in [0, 0.1) is 5.92 Å². The van der Waals surface area contributed by atoms with E-state index in [1.807, 2.05) is 42.6 Å². The van der Waals surface area contributed by atoms with Crippen molar-refractivity contribution in [2.75, 3.05) is 18.0 Å². The SMILES string of the molecule is O=C(NCc1ccc(Cl)cc1)C1CCCN(c2cc(-n3cccn3)ncn2)C1. The van der Waals surface area contributed by atoms with Gasteiger partial charge in [-0.3, -0.25) is 4.79 Å². The summed E-state index contributed by atoms with van der Waals surface area (Å²) in [5, 5.41) is 7.94. The van der Waals surface area contributed by atoms with Gasteiger partial charge in [-0.2, -0.15) is 5.10 Å². The Kier molecular flexibility index (Phi) is 5.53. The van der Waals surface area contributed by atoms with Crippen molar-refractivity contribution < 1.29 is 4.79 Å². The summed E-state index contributed by atoms with van der Waals surface area (Å²) < 4.78 is 1.70. The fraction of sp³-hybridized carbons (Fsp3) is 0.300. The predicted molar refractivity (Wildman–Crippen MR) is 107 cm³/mol. The Morgan fingerprint density at radius 1 is 1.21 bits per heavy atom. The van der Waals surface area contributed by atoms with E-state index in [4.69, 9.17) is 11.6 Å². The molecule has 8 heteroatoms. The molecule has 1 fully saturated rings. The summed E-state index contributed by atoms with van der Waals surface area (Å²) in [5.41, 5.74) is 1.03. The second kappa shape index (κ2) is 8.39. The molecule has 3 aromatic rings. The van der Waals surface area contributed by atoms with Crippen LogP contribution in [-0.4, -0.2) is 38.7 Å². The van der Waals surface area contributed by atoms with E-state index in [1.54, 1.807) is 10.9 Å². The Hall–Kier alpha value is -2.93. The van der Waals surface area contributed by atoms with Gasteiger partial charge in [0, 0.05) is 43.1 Å². The van der Waals surface area contributed by atoms with Crippen LogP contribution in [0.5, 0.6) is 0 Å². The summed E-state index contributed by atoms with van der Waals surface area (Å²) in [7, 11) is 0. The highest BCUT2D eigenvalue weighted by atomic mass is 35.5. The first-order valence-electron chi connectivity index (χ1n) is 9.28. The zero-order valence-corrected chi connectivity index (χ0v) is 16.1. The van der Waals surface area contributed by atoms with Gasteiger partial charge in [-0.15, -0.1) is 0 Å². The first-order valence-corrected chi connectivity index (χ1v) is 9.66. The average molecular weight is 397 g/mol. The van der Waals surface area contributed by atoms with Gasteiger partial charge < -0.3 is 10.2 Å². The molecule has 1 N–H and O–H groups in total. The van der Waals surface area contributed by atoms with E-state index in [2.05, 4.69) is 25.3 Å². The summed E-state index contributed by atoms with van der Waals surface area (Å²) in [5.74, 6) is 1.53. The van der Waals surface area contributed by atoms with Crippen molar-refractivity contribution in [2.45, 2.75) is 19.4 Å². The first-order chi connectivity index (χ1) is 13.7.